The molecule has 0 aliphatic rings. The van der Waals surface area contributed by atoms with Gasteiger partial charge in [-0.1, -0.05) is 35.9 Å². The van der Waals surface area contributed by atoms with Crippen LogP contribution in [0.1, 0.15) is 18.1 Å². The molecule has 2 amide bonds. The van der Waals surface area contributed by atoms with Crippen molar-refractivity contribution in [3.8, 4) is 0 Å². The fourth-order valence-corrected chi connectivity index (χ4v) is 2.76. The molecule has 0 radical (unpaired) electrons. The Kier molecular flexibility index (Phi) is 5.40. The molecule has 2 aromatic carbocycles. The average molecular weight is 331 g/mol. The lowest BCUT2D eigenvalue weighted by molar-refractivity contribution is -0.120. The van der Waals surface area contributed by atoms with Crippen LogP contribution in [0.2, 0.25) is 5.02 Å². The van der Waals surface area contributed by atoms with Crippen molar-refractivity contribution in [3.05, 3.63) is 58.6 Å². The Morgan fingerprint density at radius 1 is 1.13 bits per heavy atom. The monoisotopic (exact) mass is 330 g/mol. The molecule has 0 fully saturated rings. The van der Waals surface area contributed by atoms with Crippen LogP contribution in [0.25, 0.3) is 0 Å². The van der Waals surface area contributed by atoms with Gasteiger partial charge in [-0.05, 0) is 43.2 Å². The quantitative estimate of drug-likeness (QED) is 0.922. The van der Waals surface area contributed by atoms with Gasteiger partial charge in [-0.2, -0.15) is 0 Å². The van der Waals surface area contributed by atoms with Crippen molar-refractivity contribution in [2.45, 2.75) is 20.8 Å². The number of benzene rings is 2. The van der Waals surface area contributed by atoms with Gasteiger partial charge in [0, 0.05) is 12.6 Å². The highest BCUT2D eigenvalue weighted by atomic mass is 35.5. The van der Waals surface area contributed by atoms with E-state index in [1.807, 2.05) is 38.1 Å². The molecule has 2 rings (SSSR count). The highest BCUT2D eigenvalue weighted by Crippen LogP contribution is 2.27. The van der Waals surface area contributed by atoms with Gasteiger partial charge >= 0.3 is 0 Å². The first kappa shape index (κ1) is 17.0. The van der Waals surface area contributed by atoms with Crippen molar-refractivity contribution in [2.75, 3.05) is 16.8 Å². The molecule has 120 valence electrons. The zero-order valence-electron chi connectivity index (χ0n) is 13.4. The molecule has 23 heavy (non-hydrogen) atoms. The number of aryl methyl sites for hydroxylation is 2. The van der Waals surface area contributed by atoms with Gasteiger partial charge in [0.05, 0.1) is 10.7 Å². The van der Waals surface area contributed by atoms with E-state index >= 15 is 0 Å². The average Bonchev–Trinajstić information content (AvgIpc) is 2.49. The predicted octanol–water partition coefficient (Wildman–Crippen LogP) is 3.95. The summed E-state index contributed by atoms with van der Waals surface area (Å²) in [5, 5.41) is 3.29. The number of nitrogens with zero attached hydrogens (tertiary/aromatic N) is 1. The molecule has 0 saturated heterocycles. The Morgan fingerprint density at radius 2 is 1.78 bits per heavy atom. The Bertz CT molecular complexity index is 706. The topological polar surface area (TPSA) is 49.4 Å². The predicted molar refractivity (Wildman–Crippen MR) is 94.0 cm³/mol. The van der Waals surface area contributed by atoms with Crippen molar-refractivity contribution in [1.82, 2.24) is 0 Å². The van der Waals surface area contributed by atoms with Gasteiger partial charge < -0.3 is 10.2 Å². The summed E-state index contributed by atoms with van der Waals surface area (Å²) in [5.74, 6) is -0.490. The molecule has 0 unspecified atom stereocenters. The van der Waals surface area contributed by atoms with Crippen LogP contribution in [0, 0.1) is 13.8 Å². The summed E-state index contributed by atoms with van der Waals surface area (Å²) >= 11 is 6.20. The van der Waals surface area contributed by atoms with Crippen molar-refractivity contribution in [1.29, 1.82) is 0 Å². The molecule has 0 aliphatic heterocycles. The van der Waals surface area contributed by atoms with E-state index < -0.39 is 0 Å². The standard InChI is InChI=1S/C18H19ClN2O2/c1-12-9-13(2)18(16(19)10-12)20-17(23)11-21(14(3)22)15-7-5-4-6-8-15/h4-10H,11H2,1-3H3,(H,20,23). The van der Waals surface area contributed by atoms with Crippen LogP contribution in [0.3, 0.4) is 0 Å². The first-order valence-electron chi connectivity index (χ1n) is 7.28. The number of carbonyl (C=O) groups is 2. The molecule has 0 aromatic heterocycles. The number of anilines is 2. The summed E-state index contributed by atoms with van der Waals surface area (Å²) in [7, 11) is 0. The Hall–Kier alpha value is -2.33. The Morgan fingerprint density at radius 3 is 2.35 bits per heavy atom. The highest BCUT2D eigenvalue weighted by Gasteiger charge is 2.17. The molecular formula is C18H19ClN2O2. The summed E-state index contributed by atoms with van der Waals surface area (Å²) in [6.45, 7) is 5.19. The summed E-state index contributed by atoms with van der Waals surface area (Å²) in [5.41, 5.74) is 3.18. The maximum atomic E-state index is 12.3. The van der Waals surface area contributed by atoms with Crippen LogP contribution in [-0.2, 0) is 9.59 Å². The van der Waals surface area contributed by atoms with Crippen molar-refractivity contribution >= 4 is 34.8 Å². The highest BCUT2D eigenvalue weighted by molar-refractivity contribution is 6.34. The van der Waals surface area contributed by atoms with Gasteiger partial charge in [-0.15, -0.1) is 0 Å². The van der Waals surface area contributed by atoms with Crippen LogP contribution >= 0.6 is 11.6 Å². The molecular weight excluding hydrogens is 312 g/mol. The lowest BCUT2D eigenvalue weighted by Gasteiger charge is -2.21. The maximum Gasteiger partial charge on any atom is 0.244 e. The van der Waals surface area contributed by atoms with E-state index in [1.54, 1.807) is 18.2 Å². The number of halogens is 1. The minimum absolute atomic E-state index is 0.0665. The van der Waals surface area contributed by atoms with Gasteiger partial charge in [-0.3, -0.25) is 9.59 Å². The summed E-state index contributed by atoms with van der Waals surface area (Å²) < 4.78 is 0. The molecule has 4 nitrogen and oxygen atoms in total. The minimum Gasteiger partial charge on any atom is -0.323 e. The number of rotatable bonds is 4. The smallest absolute Gasteiger partial charge is 0.244 e. The normalized spacial score (nSPS) is 10.3. The van der Waals surface area contributed by atoms with Crippen molar-refractivity contribution < 1.29 is 9.59 Å². The number of amides is 2. The fourth-order valence-electron chi connectivity index (χ4n) is 2.39. The molecule has 1 N–H and O–H groups in total. The van der Waals surface area contributed by atoms with Crippen LogP contribution in [-0.4, -0.2) is 18.4 Å². The summed E-state index contributed by atoms with van der Waals surface area (Å²) in [4.78, 5) is 25.6. The number of carbonyl (C=O) groups excluding carboxylic acids is 2. The largest absolute Gasteiger partial charge is 0.323 e. The first-order valence-corrected chi connectivity index (χ1v) is 7.66. The van der Waals surface area contributed by atoms with Gasteiger partial charge in [0.2, 0.25) is 11.8 Å². The van der Waals surface area contributed by atoms with Crippen LogP contribution in [0.15, 0.2) is 42.5 Å². The first-order chi connectivity index (χ1) is 10.9. The second-order valence-electron chi connectivity index (χ2n) is 5.43. The lowest BCUT2D eigenvalue weighted by Crippen LogP contribution is -2.36. The molecule has 0 heterocycles. The second kappa shape index (κ2) is 7.29. The van der Waals surface area contributed by atoms with Gasteiger partial charge in [-0.25, -0.2) is 0 Å². The van der Waals surface area contributed by atoms with E-state index in [2.05, 4.69) is 5.32 Å². The number of hydrogen-bond acceptors (Lipinski definition) is 2. The van der Waals surface area contributed by atoms with E-state index in [1.165, 1.54) is 11.8 Å². The van der Waals surface area contributed by atoms with Gasteiger partial charge in [0.1, 0.15) is 6.54 Å². The minimum atomic E-state index is -0.294. The van der Waals surface area contributed by atoms with Gasteiger partial charge in [0.25, 0.3) is 0 Å². The third-order valence-electron chi connectivity index (χ3n) is 3.45. The summed E-state index contributed by atoms with van der Waals surface area (Å²) in [6, 6.07) is 12.8. The fraction of sp³-hybridized carbons (Fsp3) is 0.222. The second-order valence-corrected chi connectivity index (χ2v) is 5.83. The van der Waals surface area contributed by atoms with E-state index in [9.17, 15) is 9.59 Å². The van der Waals surface area contributed by atoms with E-state index in [-0.39, 0.29) is 18.4 Å². The zero-order chi connectivity index (χ0) is 17.0. The van der Waals surface area contributed by atoms with Crippen LogP contribution < -0.4 is 10.2 Å². The molecule has 0 saturated carbocycles. The van der Waals surface area contributed by atoms with E-state index in [0.717, 1.165) is 11.1 Å². The third-order valence-corrected chi connectivity index (χ3v) is 3.74. The molecule has 5 heteroatoms. The Labute approximate surface area is 141 Å². The molecule has 0 aliphatic carbocycles. The van der Waals surface area contributed by atoms with Crippen LogP contribution in [0.4, 0.5) is 11.4 Å². The number of nitrogens with one attached hydrogen (secondary N) is 1. The molecule has 0 bridgehead atoms. The lowest BCUT2D eigenvalue weighted by atomic mass is 10.1. The zero-order valence-corrected chi connectivity index (χ0v) is 14.1. The van der Waals surface area contributed by atoms with Crippen molar-refractivity contribution in [3.63, 3.8) is 0 Å². The molecule has 2 aromatic rings. The van der Waals surface area contributed by atoms with E-state index in [0.29, 0.717) is 16.4 Å². The number of hydrogen-bond donors (Lipinski definition) is 1. The molecule has 0 atom stereocenters. The van der Waals surface area contributed by atoms with Crippen molar-refractivity contribution in [2.24, 2.45) is 0 Å². The maximum absolute atomic E-state index is 12.3. The number of para-hydroxylation sites is 1. The van der Waals surface area contributed by atoms with Gasteiger partial charge in [0.15, 0.2) is 0 Å². The summed E-state index contributed by atoms with van der Waals surface area (Å²) in [6.07, 6.45) is 0. The SMILES string of the molecule is CC(=O)N(CC(=O)Nc1c(C)cc(C)cc1Cl)c1ccccc1. The van der Waals surface area contributed by atoms with E-state index in [4.69, 9.17) is 11.6 Å². The third kappa shape index (κ3) is 4.33. The molecule has 0 spiro atoms. The Balaban J connectivity index is 2.16. The van der Waals surface area contributed by atoms with Crippen LogP contribution in [0.5, 0.6) is 0 Å².